The largest absolute Gasteiger partial charge is 0.486 e. The molecule has 1 heterocycles. The first-order valence-electron chi connectivity index (χ1n) is 8.10. The maximum Gasteiger partial charge on any atom is 0.254 e. The molecule has 132 valence electrons. The van der Waals surface area contributed by atoms with Gasteiger partial charge in [0.05, 0.1) is 11.6 Å². The van der Waals surface area contributed by atoms with Gasteiger partial charge < -0.3 is 19.1 Å². The van der Waals surface area contributed by atoms with E-state index >= 15 is 0 Å². The van der Waals surface area contributed by atoms with E-state index in [2.05, 4.69) is 0 Å². The summed E-state index contributed by atoms with van der Waals surface area (Å²) in [6.45, 7) is 2.33. The maximum absolute atomic E-state index is 13.0. The lowest BCUT2D eigenvalue weighted by Gasteiger charge is -2.24. The van der Waals surface area contributed by atoms with Gasteiger partial charge in [-0.15, -0.1) is 0 Å². The Hall–Kier alpha value is -2.24. The van der Waals surface area contributed by atoms with E-state index in [1.807, 2.05) is 30.3 Å². The summed E-state index contributed by atoms with van der Waals surface area (Å²) in [5, 5.41) is 0.381. The topological polar surface area (TPSA) is 48.0 Å². The second-order valence-corrected chi connectivity index (χ2v) is 6.09. The minimum atomic E-state index is -0.125. The van der Waals surface area contributed by atoms with Crippen molar-refractivity contribution in [1.29, 1.82) is 0 Å². The Morgan fingerprint density at radius 1 is 1.20 bits per heavy atom. The fourth-order valence-electron chi connectivity index (χ4n) is 2.67. The van der Waals surface area contributed by atoms with Gasteiger partial charge in [-0.3, -0.25) is 4.79 Å². The Morgan fingerprint density at radius 2 is 1.96 bits per heavy atom. The lowest BCUT2D eigenvalue weighted by Crippen LogP contribution is -2.33. The van der Waals surface area contributed by atoms with Gasteiger partial charge in [0, 0.05) is 25.8 Å². The molecule has 0 unspecified atom stereocenters. The first-order valence-corrected chi connectivity index (χ1v) is 8.48. The van der Waals surface area contributed by atoms with Crippen LogP contribution >= 0.6 is 11.6 Å². The summed E-state index contributed by atoms with van der Waals surface area (Å²) in [4.78, 5) is 14.7. The summed E-state index contributed by atoms with van der Waals surface area (Å²) >= 11 is 6.26. The molecule has 3 rings (SSSR count). The highest BCUT2D eigenvalue weighted by molar-refractivity contribution is 6.32. The van der Waals surface area contributed by atoms with Crippen molar-refractivity contribution in [3.05, 3.63) is 58.6 Å². The van der Waals surface area contributed by atoms with Gasteiger partial charge in [0.2, 0.25) is 0 Å². The molecule has 1 amide bonds. The number of ether oxygens (including phenoxy) is 3. The van der Waals surface area contributed by atoms with E-state index in [1.54, 1.807) is 24.1 Å². The number of amides is 1. The average molecular weight is 362 g/mol. The number of methoxy groups -OCH3 is 1. The predicted molar refractivity (Wildman–Crippen MR) is 95.5 cm³/mol. The Balaban J connectivity index is 1.85. The number of benzene rings is 2. The smallest absolute Gasteiger partial charge is 0.254 e. The number of carbonyl (C=O) groups is 1. The Morgan fingerprint density at radius 3 is 2.72 bits per heavy atom. The van der Waals surface area contributed by atoms with Crippen LogP contribution in [0.3, 0.4) is 0 Å². The zero-order valence-electron chi connectivity index (χ0n) is 14.0. The van der Waals surface area contributed by atoms with E-state index in [0.717, 1.165) is 5.56 Å². The van der Waals surface area contributed by atoms with Crippen LogP contribution < -0.4 is 9.47 Å². The van der Waals surface area contributed by atoms with Crippen molar-refractivity contribution in [3.8, 4) is 11.5 Å². The number of nitrogens with zero attached hydrogens (tertiary/aromatic N) is 1. The second kappa shape index (κ2) is 8.23. The lowest BCUT2D eigenvalue weighted by atomic mass is 10.1. The van der Waals surface area contributed by atoms with Gasteiger partial charge in [0.1, 0.15) is 13.2 Å². The molecule has 25 heavy (non-hydrogen) atoms. The molecule has 1 aliphatic rings. The molecule has 0 aromatic heterocycles. The summed E-state index contributed by atoms with van der Waals surface area (Å²) < 4.78 is 16.2. The van der Waals surface area contributed by atoms with Gasteiger partial charge in [-0.2, -0.15) is 0 Å². The number of rotatable bonds is 6. The van der Waals surface area contributed by atoms with Crippen molar-refractivity contribution in [1.82, 2.24) is 4.90 Å². The summed E-state index contributed by atoms with van der Waals surface area (Å²) in [6.07, 6.45) is 0. The summed E-state index contributed by atoms with van der Waals surface area (Å²) in [6, 6.07) is 13.2. The number of hydrogen-bond acceptors (Lipinski definition) is 4. The quantitative estimate of drug-likeness (QED) is 0.791. The molecule has 2 aromatic rings. The second-order valence-electron chi connectivity index (χ2n) is 5.69. The molecule has 0 radical (unpaired) electrons. The molecule has 0 atom stereocenters. The highest BCUT2D eigenvalue weighted by Crippen LogP contribution is 2.38. The van der Waals surface area contributed by atoms with Crippen LogP contribution in [-0.4, -0.2) is 44.3 Å². The van der Waals surface area contributed by atoms with Crippen molar-refractivity contribution >= 4 is 17.5 Å². The van der Waals surface area contributed by atoms with E-state index in [4.69, 9.17) is 25.8 Å². The van der Waals surface area contributed by atoms with Crippen LogP contribution in [0, 0.1) is 0 Å². The molecule has 0 saturated heterocycles. The first kappa shape index (κ1) is 17.6. The number of carbonyl (C=O) groups excluding carboxylic acids is 1. The van der Waals surface area contributed by atoms with Gasteiger partial charge in [-0.25, -0.2) is 0 Å². The highest BCUT2D eigenvalue weighted by Gasteiger charge is 2.22. The number of halogens is 1. The molecule has 0 aliphatic carbocycles. The van der Waals surface area contributed by atoms with Crippen LogP contribution in [0.5, 0.6) is 11.5 Å². The average Bonchev–Trinajstić information content (AvgIpc) is 2.65. The van der Waals surface area contributed by atoms with Gasteiger partial charge in [-0.05, 0) is 17.7 Å². The molecule has 0 saturated carbocycles. The number of fused-ring (bicyclic) bond motifs is 1. The summed E-state index contributed by atoms with van der Waals surface area (Å²) in [5.74, 6) is 0.879. The Labute approximate surface area is 152 Å². The van der Waals surface area contributed by atoms with Gasteiger partial charge in [0.15, 0.2) is 11.5 Å². The standard InChI is InChI=1S/C19H20ClNO4/c1-23-8-7-21(13-14-5-3-2-4-6-14)19(22)15-11-16(20)18-17(12-15)24-9-10-25-18/h2-6,11-12H,7-10,13H2,1H3. The normalized spacial score (nSPS) is 12.7. The van der Waals surface area contributed by atoms with Gasteiger partial charge in [-0.1, -0.05) is 41.9 Å². The minimum Gasteiger partial charge on any atom is -0.486 e. The SMILES string of the molecule is COCCN(Cc1ccccc1)C(=O)c1cc(Cl)c2c(c1)OCCO2. The number of hydrogen-bond donors (Lipinski definition) is 0. The lowest BCUT2D eigenvalue weighted by molar-refractivity contribution is 0.0679. The monoisotopic (exact) mass is 361 g/mol. The van der Waals surface area contributed by atoms with Gasteiger partial charge in [0.25, 0.3) is 5.91 Å². The summed E-state index contributed by atoms with van der Waals surface area (Å²) in [5.41, 5.74) is 1.52. The van der Waals surface area contributed by atoms with Crippen molar-refractivity contribution in [3.63, 3.8) is 0 Å². The Kier molecular flexibility index (Phi) is 5.79. The first-order chi connectivity index (χ1) is 12.2. The fourth-order valence-corrected chi connectivity index (χ4v) is 2.94. The van der Waals surface area contributed by atoms with E-state index in [9.17, 15) is 4.79 Å². The van der Waals surface area contributed by atoms with Crippen LogP contribution in [0.4, 0.5) is 0 Å². The zero-order valence-corrected chi connectivity index (χ0v) is 14.8. The Bertz CT molecular complexity index is 736. The van der Waals surface area contributed by atoms with Gasteiger partial charge >= 0.3 is 0 Å². The van der Waals surface area contributed by atoms with Crippen molar-refractivity contribution < 1.29 is 19.0 Å². The fraction of sp³-hybridized carbons (Fsp3) is 0.316. The highest BCUT2D eigenvalue weighted by atomic mass is 35.5. The molecular formula is C19H20ClNO4. The van der Waals surface area contributed by atoms with Crippen LogP contribution in [-0.2, 0) is 11.3 Å². The van der Waals surface area contributed by atoms with Crippen LogP contribution in [0.1, 0.15) is 15.9 Å². The van der Waals surface area contributed by atoms with Crippen molar-refractivity contribution in [2.75, 3.05) is 33.5 Å². The molecule has 0 spiro atoms. The summed E-state index contributed by atoms with van der Waals surface area (Å²) in [7, 11) is 1.62. The molecule has 0 fully saturated rings. The third-order valence-corrected chi connectivity index (χ3v) is 4.19. The van der Waals surface area contributed by atoms with Crippen molar-refractivity contribution in [2.24, 2.45) is 0 Å². The van der Waals surface area contributed by atoms with E-state index < -0.39 is 0 Å². The van der Waals surface area contributed by atoms with E-state index in [0.29, 0.717) is 55.0 Å². The third kappa shape index (κ3) is 4.24. The van der Waals surface area contributed by atoms with E-state index in [1.165, 1.54) is 0 Å². The molecular weight excluding hydrogens is 342 g/mol. The minimum absolute atomic E-state index is 0.125. The third-order valence-electron chi connectivity index (χ3n) is 3.91. The van der Waals surface area contributed by atoms with Crippen LogP contribution in [0.25, 0.3) is 0 Å². The van der Waals surface area contributed by atoms with Crippen LogP contribution in [0.15, 0.2) is 42.5 Å². The molecule has 0 bridgehead atoms. The molecule has 5 nitrogen and oxygen atoms in total. The van der Waals surface area contributed by atoms with Crippen molar-refractivity contribution in [2.45, 2.75) is 6.54 Å². The van der Waals surface area contributed by atoms with E-state index in [-0.39, 0.29) is 5.91 Å². The molecule has 6 heteroatoms. The molecule has 2 aromatic carbocycles. The molecule has 0 N–H and O–H groups in total. The zero-order chi connectivity index (χ0) is 17.6. The predicted octanol–water partition coefficient (Wildman–Crippen LogP) is 3.40. The molecule has 1 aliphatic heterocycles. The van der Waals surface area contributed by atoms with Crippen LogP contribution in [0.2, 0.25) is 5.02 Å². The maximum atomic E-state index is 13.0.